The van der Waals surface area contributed by atoms with Gasteiger partial charge in [0.05, 0.1) is 13.2 Å². The van der Waals surface area contributed by atoms with E-state index < -0.39 is 0 Å². The van der Waals surface area contributed by atoms with Crippen molar-refractivity contribution < 1.29 is 14.3 Å². The van der Waals surface area contributed by atoms with Gasteiger partial charge in [-0.1, -0.05) is 25.0 Å². The number of ether oxygens (including phenoxy) is 1. The number of carbonyl (C=O) groups is 2. The third-order valence-electron chi connectivity index (χ3n) is 7.20. The summed E-state index contributed by atoms with van der Waals surface area (Å²) < 4.78 is 5.41. The Balaban J connectivity index is 1.22. The van der Waals surface area contributed by atoms with E-state index >= 15 is 0 Å². The van der Waals surface area contributed by atoms with Gasteiger partial charge in [-0.2, -0.15) is 0 Å². The number of morpholine rings is 1. The second-order valence-corrected chi connectivity index (χ2v) is 9.30. The van der Waals surface area contributed by atoms with Crippen molar-refractivity contribution in [1.29, 1.82) is 0 Å². The summed E-state index contributed by atoms with van der Waals surface area (Å²) in [5, 5.41) is 3.02. The smallest absolute Gasteiger partial charge is 0.255 e. The maximum absolute atomic E-state index is 12.9. The van der Waals surface area contributed by atoms with Crippen LogP contribution in [0, 0.1) is 11.8 Å². The van der Waals surface area contributed by atoms with E-state index in [1.807, 2.05) is 42.5 Å². The van der Waals surface area contributed by atoms with Crippen molar-refractivity contribution in [2.75, 3.05) is 36.5 Å². The van der Waals surface area contributed by atoms with Crippen molar-refractivity contribution in [2.24, 2.45) is 11.8 Å². The van der Waals surface area contributed by atoms with Gasteiger partial charge in [0.15, 0.2) is 0 Å². The van der Waals surface area contributed by atoms with Gasteiger partial charge in [0.25, 0.3) is 5.91 Å². The van der Waals surface area contributed by atoms with Crippen LogP contribution in [0.1, 0.15) is 41.6 Å². The standard InChI is InChI=1S/C26H32N4O3/c31-25(27-20-8-10-21(11-9-20)30-12-14-33-15-13-30)19-5-3-4-18(16-19)17-24-22-6-1-2-7-23(22)26(32)29-28-24/h3-5,8-11,16,22-24,28H,1-2,6-7,12-15,17H2,(H,27,31)(H,29,32). The van der Waals surface area contributed by atoms with Crippen molar-refractivity contribution in [2.45, 2.75) is 38.1 Å². The number of nitrogens with one attached hydrogen (secondary N) is 3. The molecule has 3 aliphatic rings. The molecule has 2 aromatic carbocycles. The van der Waals surface area contributed by atoms with Gasteiger partial charge in [-0.25, -0.2) is 5.43 Å². The maximum atomic E-state index is 12.9. The molecule has 1 saturated carbocycles. The van der Waals surface area contributed by atoms with Crippen LogP contribution in [0.2, 0.25) is 0 Å². The summed E-state index contributed by atoms with van der Waals surface area (Å²) >= 11 is 0. The first-order valence-electron chi connectivity index (χ1n) is 12.1. The van der Waals surface area contributed by atoms with E-state index in [0.29, 0.717) is 11.5 Å². The van der Waals surface area contributed by atoms with Crippen LogP contribution < -0.4 is 21.1 Å². The average Bonchev–Trinajstić information content (AvgIpc) is 2.87. The predicted molar refractivity (Wildman–Crippen MR) is 128 cm³/mol. The largest absolute Gasteiger partial charge is 0.378 e. The molecule has 3 N–H and O–H groups in total. The molecule has 2 saturated heterocycles. The summed E-state index contributed by atoms with van der Waals surface area (Å²) in [6, 6.07) is 16.0. The highest BCUT2D eigenvalue weighted by atomic mass is 16.5. The molecule has 5 rings (SSSR count). The highest BCUT2D eigenvalue weighted by Crippen LogP contribution is 2.35. The quantitative estimate of drug-likeness (QED) is 0.655. The number of anilines is 2. The average molecular weight is 449 g/mol. The van der Waals surface area contributed by atoms with Crippen LogP contribution in [0.3, 0.4) is 0 Å². The first-order valence-corrected chi connectivity index (χ1v) is 12.1. The van der Waals surface area contributed by atoms with Crippen LogP contribution in [0.4, 0.5) is 11.4 Å². The van der Waals surface area contributed by atoms with Gasteiger partial charge in [-0.05, 0) is 67.1 Å². The Labute approximate surface area is 194 Å². The van der Waals surface area contributed by atoms with Gasteiger partial charge >= 0.3 is 0 Å². The van der Waals surface area contributed by atoms with Crippen LogP contribution in [0.25, 0.3) is 0 Å². The molecule has 3 fully saturated rings. The van der Waals surface area contributed by atoms with Crippen molar-refractivity contribution in [3.63, 3.8) is 0 Å². The second kappa shape index (κ2) is 9.93. The van der Waals surface area contributed by atoms with Gasteiger partial charge < -0.3 is 15.0 Å². The Kier molecular flexibility index (Phi) is 6.60. The first kappa shape index (κ1) is 21.9. The number of fused-ring (bicyclic) bond motifs is 1. The first-order chi connectivity index (χ1) is 16.2. The molecule has 1 aliphatic carbocycles. The summed E-state index contributed by atoms with van der Waals surface area (Å²) in [6.45, 7) is 3.28. The molecule has 174 valence electrons. The molecule has 7 heteroatoms. The predicted octanol–water partition coefficient (Wildman–Crippen LogP) is 3.13. The number of hydrazine groups is 1. The number of amides is 2. The zero-order chi connectivity index (χ0) is 22.6. The van der Waals surface area contributed by atoms with E-state index in [1.54, 1.807) is 0 Å². The molecular weight excluding hydrogens is 416 g/mol. The zero-order valence-electron chi connectivity index (χ0n) is 18.9. The van der Waals surface area contributed by atoms with Crippen molar-refractivity contribution >= 4 is 23.2 Å². The van der Waals surface area contributed by atoms with Gasteiger partial charge in [0.1, 0.15) is 0 Å². The summed E-state index contributed by atoms with van der Waals surface area (Å²) in [6.07, 6.45) is 5.15. The zero-order valence-corrected chi connectivity index (χ0v) is 18.9. The van der Waals surface area contributed by atoms with E-state index in [4.69, 9.17) is 4.74 Å². The highest BCUT2D eigenvalue weighted by Gasteiger charge is 2.39. The number of hydrogen-bond acceptors (Lipinski definition) is 5. The lowest BCUT2D eigenvalue weighted by Crippen LogP contribution is -2.60. The number of nitrogens with zero attached hydrogens (tertiary/aromatic N) is 1. The van der Waals surface area contributed by atoms with Crippen LogP contribution >= 0.6 is 0 Å². The van der Waals surface area contributed by atoms with Crippen LogP contribution in [0.15, 0.2) is 48.5 Å². The molecule has 2 amide bonds. The Hall–Kier alpha value is -2.90. The third kappa shape index (κ3) is 5.04. The Morgan fingerprint density at radius 1 is 1.06 bits per heavy atom. The number of hydrogen-bond donors (Lipinski definition) is 3. The normalized spacial score (nSPS) is 25.2. The second-order valence-electron chi connectivity index (χ2n) is 9.30. The van der Waals surface area contributed by atoms with Crippen molar-refractivity contribution in [3.05, 3.63) is 59.7 Å². The van der Waals surface area contributed by atoms with Gasteiger partial charge in [0.2, 0.25) is 5.91 Å². The minimum absolute atomic E-state index is 0.108. The summed E-state index contributed by atoms with van der Waals surface area (Å²) in [7, 11) is 0. The molecule has 0 spiro atoms. The fourth-order valence-corrected chi connectivity index (χ4v) is 5.41. The fourth-order valence-electron chi connectivity index (χ4n) is 5.41. The van der Waals surface area contributed by atoms with Gasteiger partial charge in [-0.3, -0.25) is 15.0 Å². The third-order valence-corrected chi connectivity index (χ3v) is 7.20. The molecular formula is C26H32N4O3. The molecule has 0 radical (unpaired) electrons. The maximum Gasteiger partial charge on any atom is 0.255 e. The lowest BCUT2D eigenvalue weighted by Gasteiger charge is -2.41. The highest BCUT2D eigenvalue weighted by molar-refractivity contribution is 6.04. The van der Waals surface area contributed by atoms with E-state index in [1.165, 1.54) is 6.42 Å². The SMILES string of the molecule is O=C(Nc1ccc(N2CCOCC2)cc1)c1cccc(CC2NNC(=O)C3CCCCC23)c1. The summed E-state index contributed by atoms with van der Waals surface area (Å²) in [5.41, 5.74) is 9.77. The number of rotatable bonds is 5. The Morgan fingerprint density at radius 3 is 2.67 bits per heavy atom. The molecule has 7 nitrogen and oxygen atoms in total. The molecule has 2 aromatic rings. The van der Waals surface area contributed by atoms with Crippen LogP contribution in [-0.4, -0.2) is 44.2 Å². The van der Waals surface area contributed by atoms with Crippen molar-refractivity contribution in [3.8, 4) is 0 Å². The molecule has 2 heterocycles. The molecule has 33 heavy (non-hydrogen) atoms. The number of carbonyl (C=O) groups excluding carboxylic acids is 2. The molecule has 2 aliphatic heterocycles. The molecule has 3 unspecified atom stereocenters. The van der Waals surface area contributed by atoms with Gasteiger partial charge in [0, 0.05) is 42.0 Å². The molecule has 0 bridgehead atoms. The lowest BCUT2D eigenvalue weighted by molar-refractivity contribution is -0.133. The summed E-state index contributed by atoms with van der Waals surface area (Å²) in [4.78, 5) is 27.4. The minimum atomic E-state index is -0.114. The van der Waals surface area contributed by atoms with Crippen LogP contribution in [-0.2, 0) is 16.0 Å². The van der Waals surface area contributed by atoms with E-state index in [9.17, 15) is 9.59 Å². The van der Waals surface area contributed by atoms with Crippen molar-refractivity contribution in [1.82, 2.24) is 10.9 Å². The minimum Gasteiger partial charge on any atom is -0.378 e. The van der Waals surface area contributed by atoms with E-state index in [0.717, 1.165) is 68.9 Å². The molecule has 0 aromatic heterocycles. The Morgan fingerprint density at radius 2 is 1.85 bits per heavy atom. The van der Waals surface area contributed by atoms with E-state index in [-0.39, 0.29) is 23.8 Å². The monoisotopic (exact) mass is 448 g/mol. The fraction of sp³-hybridized carbons (Fsp3) is 0.462. The van der Waals surface area contributed by atoms with Crippen LogP contribution in [0.5, 0.6) is 0 Å². The topological polar surface area (TPSA) is 82.7 Å². The lowest BCUT2D eigenvalue weighted by atomic mass is 9.72. The number of benzene rings is 2. The summed E-state index contributed by atoms with van der Waals surface area (Å²) in [5.74, 6) is 0.479. The Bertz CT molecular complexity index is 987. The molecule has 3 atom stereocenters. The van der Waals surface area contributed by atoms with Gasteiger partial charge in [-0.15, -0.1) is 0 Å². The van der Waals surface area contributed by atoms with E-state index in [2.05, 4.69) is 27.1 Å².